The van der Waals surface area contributed by atoms with Crippen LogP contribution in [0.15, 0.2) is 29.2 Å². The Morgan fingerprint density at radius 3 is 2.81 bits per heavy atom. The van der Waals surface area contributed by atoms with Crippen molar-refractivity contribution in [1.29, 1.82) is 0 Å². The third-order valence-corrected chi connectivity index (χ3v) is 5.59. The summed E-state index contributed by atoms with van der Waals surface area (Å²) in [6, 6.07) is 7.30. The minimum atomic E-state index is -3.39. The Morgan fingerprint density at radius 2 is 2.14 bits per heavy atom. The first-order valence-electron chi connectivity index (χ1n) is 7.41. The maximum absolute atomic E-state index is 11.8. The Hall–Kier alpha value is -1.11. The number of benzene rings is 1. The molecule has 21 heavy (non-hydrogen) atoms. The van der Waals surface area contributed by atoms with Crippen LogP contribution in [0.3, 0.4) is 0 Å². The van der Waals surface area contributed by atoms with Crippen molar-refractivity contribution in [2.45, 2.75) is 30.7 Å². The minimum absolute atomic E-state index is 0.294. The maximum atomic E-state index is 11.8. The van der Waals surface area contributed by atoms with Crippen molar-refractivity contribution in [1.82, 2.24) is 9.62 Å². The molecule has 2 rings (SSSR count). The molecule has 0 aromatic heterocycles. The molecule has 2 atom stereocenters. The van der Waals surface area contributed by atoms with E-state index in [1.54, 1.807) is 18.2 Å². The molecule has 0 aliphatic carbocycles. The van der Waals surface area contributed by atoms with Gasteiger partial charge in [0.05, 0.1) is 4.90 Å². The highest BCUT2D eigenvalue weighted by Gasteiger charge is 2.23. The molecule has 1 aliphatic rings. The topological polar surface area (TPSA) is 61.4 Å². The van der Waals surface area contributed by atoms with Gasteiger partial charge in [0.1, 0.15) is 0 Å². The predicted molar refractivity (Wildman–Crippen MR) is 86.0 cm³/mol. The van der Waals surface area contributed by atoms with E-state index in [1.807, 2.05) is 6.07 Å². The lowest BCUT2D eigenvalue weighted by Gasteiger charge is -2.34. The van der Waals surface area contributed by atoms with Crippen molar-refractivity contribution in [2.75, 3.05) is 32.5 Å². The molecule has 1 heterocycles. The Labute approximate surface area is 127 Å². The predicted octanol–water partition coefficient (Wildman–Crippen LogP) is 1.74. The van der Waals surface area contributed by atoms with Crippen molar-refractivity contribution in [2.24, 2.45) is 5.92 Å². The first-order valence-corrected chi connectivity index (χ1v) is 8.89. The standard InChI is InChI=1S/C15H25N3O2S/c1-12(13-6-5-9-18(3)11-13)17-14-7-4-8-15(10-14)21(19,20)16-2/h4,7-8,10,12-13,16-17H,5-6,9,11H2,1-3H3. The van der Waals surface area contributed by atoms with Crippen LogP contribution in [-0.4, -0.2) is 46.5 Å². The van der Waals surface area contributed by atoms with Crippen LogP contribution in [0.1, 0.15) is 19.8 Å². The van der Waals surface area contributed by atoms with E-state index in [0.29, 0.717) is 16.9 Å². The zero-order valence-corrected chi connectivity index (χ0v) is 13.8. The van der Waals surface area contributed by atoms with Gasteiger partial charge in [-0.1, -0.05) is 6.07 Å². The number of anilines is 1. The highest BCUT2D eigenvalue weighted by atomic mass is 32.2. The van der Waals surface area contributed by atoms with Gasteiger partial charge in [0.25, 0.3) is 0 Å². The lowest BCUT2D eigenvalue weighted by Crippen LogP contribution is -2.39. The summed E-state index contributed by atoms with van der Waals surface area (Å²) in [5, 5.41) is 3.45. The zero-order chi connectivity index (χ0) is 15.5. The van der Waals surface area contributed by atoms with E-state index < -0.39 is 10.0 Å². The summed E-state index contributed by atoms with van der Waals surface area (Å²) < 4.78 is 26.0. The fourth-order valence-corrected chi connectivity index (χ4v) is 3.64. The molecule has 0 spiro atoms. The molecule has 0 radical (unpaired) electrons. The number of piperidine rings is 1. The second-order valence-electron chi connectivity index (χ2n) is 5.83. The Bertz CT molecular complexity index is 574. The first kappa shape index (κ1) is 16.3. The SMILES string of the molecule is CNS(=O)(=O)c1cccc(NC(C)C2CCCN(C)C2)c1. The molecule has 118 valence electrons. The minimum Gasteiger partial charge on any atom is -0.382 e. The smallest absolute Gasteiger partial charge is 0.240 e. The van der Waals surface area contributed by atoms with Gasteiger partial charge >= 0.3 is 0 Å². The lowest BCUT2D eigenvalue weighted by atomic mass is 9.92. The first-order chi connectivity index (χ1) is 9.92. The van der Waals surface area contributed by atoms with Gasteiger partial charge in [-0.15, -0.1) is 0 Å². The molecule has 2 unspecified atom stereocenters. The summed E-state index contributed by atoms with van der Waals surface area (Å²) in [4.78, 5) is 2.65. The van der Waals surface area contributed by atoms with Crippen LogP contribution in [0.2, 0.25) is 0 Å². The van der Waals surface area contributed by atoms with E-state index in [0.717, 1.165) is 12.2 Å². The third-order valence-electron chi connectivity index (χ3n) is 4.18. The average molecular weight is 311 g/mol. The van der Waals surface area contributed by atoms with Crippen molar-refractivity contribution in [3.05, 3.63) is 24.3 Å². The molecule has 0 saturated carbocycles. The summed E-state index contributed by atoms with van der Waals surface area (Å²) in [5.74, 6) is 0.591. The van der Waals surface area contributed by atoms with Crippen LogP contribution < -0.4 is 10.0 Å². The summed E-state index contributed by atoms with van der Waals surface area (Å²) in [5.41, 5.74) is 0.854. The van der Waals surface area contributed by atoms with E-state index in [4.69, 9.17) is 0 Å². The van der Waals surface area contributed by atoms with E-state index in [9.17, 15) is 8.42 Å². The summed E-state index contributed by atoms with van der Waals surface area (Å²) >= 11 is 0. The Kier molecular flexibility index (Phi) is 5.24. The highest BCUT2D eigenvalue weighted by Crippen LogP contribution is 2.23. The number of hydrogen-bond acceptors (Lipinski definition) is 4. The zero-order valence-electron chi connectivity index (χ0n) is 13.0. The van der Waals surface area contributed by atoms with Gasteiger partial charge in [-0.3, -0.25) is 0 Å². The molecular weight excluding hydrogens is 286 g/mol. The van der Waals surface area contributed by atoms with Gasteiger partial charge in [-0.05, 0) is 64.5 Å². The van der Waals surface area contributed by atoms with E-state index in [2.05, 4.69) is 28.9 Å². The molecule has 1 saturated heterocycles. The summed E-state index contributed by atoms with van der Waals surface area (Å²) in [7, 11) is 0.190. The maximum Gasteiger partial charge on any atom is 0.240 e. The molecule has 0 bridgehead atoms. The van der Waals surface area contributed by atoms with Crippen LogP contribution in [-0.2, 0) is 10.0 Å². The van der Waals surface area contributed by atoms with Crippen LogP contribution in [0.4, 0.5) is 5.69 Å². The third kappa shape index (κ3) is 4.18. The Morgan fingerprint density at radius 1 is 1.38 bits per heavy atom. The van der Waals surface area contributed by atoms with E-state index in [-0.39, 0.29) is 0 Å². The summed E-state index contributed by atoms with van der Waals surface area (Å²) in [6.45, 7) is 4.42. The number of nitrogens with one attached hydrogen (secondary N) is 2. The van der Waals surface area contributed by atoms with E-state index >= 15 is 0 Å². The molecular formula is C15H25N3O2S. The highest BCUT2D eigenvalue weighted by molar-refractivity contribution is 7.89. The molecule has 0 amide bonds. The van der Waals surface area contributed by atoms with E-state index in [1.165, 1.54) is 26.4 Å². The molecule has 1 aromatic rings. The largest absolute Gasteiger partial charge is 0.382 e. The second kappa shape index (κ2) is 6.77. The fraction of sp³-hybridized carbons (Fsp3) is 0.600. The van der Waals surface area contributed by atoms with Crippen molar-refractivity contribution < 1.29 is 8.42 Å². The van der Waals surface area contributed by atoms with Crippen LogP contribution in [0, 0.1) is 5.92 Å². The van der Waals surface area contributed by atoms with Gasteiger partial charge < -0.3 is 10.2 Å². The molecule has 5 nitrogen and oxygen atoms in total. The Balaban J connectivity index is 2.07. The number of likely N-dealkylation sites (tertiary alicyclic amines) is 1. The molecule has 1 fully saturated rings. The molecule has 6 heteroatoms. The quantitative estimate of drug-likeness (QED) is 0.869. The molecule has 2 N–H and O–H groups in total. The van der Waals surface area contributed by atoms with Crippen LogP contribution >= 0.6 is 0 Å². The number of hydrogen-bond donors (Lipinski definition) is 2. The second-order valence-corrected chi connectivity index (χ2v) is 7.72. The van der Waals surface area contributed by atoms with Gasteiger partial charge in [0.2, 0.25) is 10.0 Å². The fourth-order valence-electron chi connectivity index (χ4n) is 2.87. The van der Waals surface area contributed by atoms with Gasteiger partial charge in [0.15, 0.2) is 0 Å². The molecule has 1 aromatic carbocycles. The average Bonchev–Trinajstić information content (AvgIpc) is 2.47. The number of rotatable bonds is 5. The van der Waals surface area contributed by atoms with Gasteiger partial charge in [-0.2, -0.15) is 0 Å². The molecule has 1 aliphatic heterocycles. The number of nitrogens with zero attached hydrogens (tertiary/aromatic N) is 1. The van der Waals surface area contributed by atoms with Crippen LogP contribution in [0.25, 0.3) is 0 Å². The monoisotopic (exact) mass is 311 g/mol. The normalized spacial score (nSPS) is 22.0. The van der Waals surface area contributed by atoms with Crippen molar-refractivity contribution in [3.8, 4) is 0 Å². The number of sulfonamides is 1. The van der Waals surface area contributed by atoms with Gasteiger partial charge in [-0.25, -0.2) is 13.1 Å². The summed E-state index contributed by atoms with van der Waals surface area (Å²) in [6.07, 6.45) is 2.44. The van der Waals surface area contributed by atoms with Crippen molar-refractivity contribution in [3.63, 3.8) is 0 Å². The van der Waals surface area contributed by atoms with Gasteiger partial charge in [0, 0.05) is 18.3 Å². The van der Waals surface area contributed by atoms with Crippen LogP contribution in [0.5, 0.6) is 0 Å². The lowest BCUT2D eigenvalue weighted by molar-refractivity contribution is 0.197. The van der Waals surface area contributed by atoms with Crippen molar-refractivity contribution >= 4 is 15.7 Å².